The Morgan fingerprint density at radius 3 is 2.47 bits per heavy atom. The molecule has 2 rings (SSSR count). The van der Waals surface area contributed by atoms with Gasteiger partial charge >= 0.3 is 0 Å². The van der Waals surface area contributed by atoms with Gasteiger partial charge in [-0.3, -0.25) is 0 Å². The molecule has 106 valence electrons. The first-order chi connectivity index (χ1) is 9.15. The number of rotatable bonds is 4. The van der Waals surface area contributed by atoms with Gasteiger partial charge in [0.25, 0.3) is 0 Å². The maximum atomic E-state index is 6.31. The average molecular weight is 300 g/mol. The van der Waals surface area contributed by atoms with Crippen LogP contribution >= 0.6 is 23.2 Å². The third-order valence-corrected chi connectivity index (χ3v) is 5.28. The third kappa shape index (κ3) is 3.65. The lowest BCUT2D eigenvalue weighted by Crippen LogP contribution is -2.39. The first kappa shape index (κ1) is 15.2. The quantitative estimate of drug-likeness (QED) is 0.829. The van der Waals surface area contributed by atoms with Crippen LogP contribution in [0.15, 0.2) is 18.2 Å². The number of nitrogens with one attached hydrogen (secondary N) is 1. The van der Waals surface area contributed by atoms with Crippen molar-refractivity contribution in [3.63, 3.8) is 0 Å². The van der Waals surface area contributed by atoms with Gasteiger partial charge in [-0.05, 0) is 62.3 Å². The second kappa shape index (κ2) is 6.97. The van der Waals surface area contributed by atoms with Crippen LogP contribution in [-0.4, -0.2) is 13.1 Å². The summed E-state index contributed by atoms with van der Waals surface area (Å²) in [7, 11) is 2.07. The maximum absolute atomic E-state index is 6.31. The van der Waals surface area contributed by atoms with Crippen LogP contribution in [0.2, 0.25) is 10.0 Å². The number of benzene rings is 1. The number of halogens is 2. The van der Waals surface area contributed by atoms with Crippen LogP contribution in [0.5, 0.6) is 0 Å². The molecule has 0 aromatic heterocycles. The highest BCUT2D eigenvalue weighted by Crippen LogP contribution is 2.36. The standard InChI is InChI=1S/C16H23Cl2N/c1-3-11-7-8-16(19-2)12(9-11)10-13-14(17)5-4-6-15(13)18/h4-6,11-12,16,19H,3,7-10H2,1-2H3. The van der Waals surface area contributed by atoms with Crippen molar-refractivity contribution in [3.05, 3.63) is 33.8 Å². The molecule has 3 heteroatoms. The Labute approximate surface area is 126 Å². The number of hydrogen-bond acceptors (Lipinski definition) is 1. The van der Waals surface area contributed by atoms with E-state index in [1.807, 2.05) is 18.2 Å². The normalized spacial score (nSPS) is 27.5. The van der Waals surface area contributed by atoms with Crippen molar-refractivity contribution in [2.75, 3.05) is 7.05 Å². The van der Waals surface area contributed by atoms with Gasteiger partial charge < -0.3 is 5.32 Å². The first-order valence-corrected chi connectivity index (χ1v) is 8.01. The van der Waals surface area contributed by atoms with Gasteiger partial charge in [-0.1, -0.05) is 42.6 Å². The van der Waals surface area contributed by atoms with E-state index in [1.165, 1.54) is 25.7 Å². The molecule has 0 saturated heterocycles. The summed E-state index contributed by atoms with van der Waals surface area (Å²) in [6.07, 6.45) is 6.16. The minimum absolute atomic E-state index is 0.593. The molecule has 1 nitrogen and oxygen atoms in total. The summed E-state index contributed by atoms with van der Waals surface area (Å²) in [4.78, 5) is 0. The molecule has 1 aliphatic rings. The van der Waals surface area contributed by atoms with Crippen molar-refractivity contribution >= 4 is 23.2 Å². The van der Waals surface area contributed by atoms with Crippen LogP contribution in [0.4, 0.5) is 0 Å². The molecule has 19 heavy (non-hydrogen) atoms. The fourth-order valence-electron chi connectivity index (χ4n) is 3.33. The van der Waals surface area contributed by atoms with Gasteiger partial charge in [0, 0.05) is 16.1 Å². The second-order valence-electron chi connectivity index (χ2n) is 5.65. The van der Waals surface area contributed by atoms with E-state index in [0.717, 1.165) is 27.9 Å². The van der Waals surface area contributed by atoms with Gasteiger partial charge in [0.1, 0.15) is 0 Å². The van der Waals surface area contributed by atoms with Crippen molar-refractivity contribution in [1.29, 1.82) is 0 Å². The van der Waals surface area contributed by atoms with Gasteiger partial charge in [0.15, 0.2) is 0 Å². The van der Waals surface area contributed by atoms with E-state index >= 15 is 0 Å². The Balaban J connectivity index is 2.14. The van der Waals surface area contributed by atoms with Crippen molar-refractivity contribution in [2.45, 2.75) is 45.1 Å². The molecule has 0 bridgehead atoms. The van der Waals surface area contributed by atoms with E-state index in [4.69, 9.17) is 23.2 Å². The van der Waals surface area contributed by atoms with Crippen LogP contribution in [-0.2, 0) is 6.42 Å². The minimum Gasteiger partial charge on any atom is -0.317 e. The third-order valence-electron chi connectivity index (χ3n) is 4.57. The fraction of sp³-hybridized carbons (Fsp3) is 0.625. The molecular formula is C16H23Cl2N. The Bertz CT molecular complexity index is 399. The van der Waals surface area contributed by atoms with Crippen LogP contribution < -0.4 is 5.32 Å². The summed E-state index contributed by atoms with van der Waals surface area (Å²) in [5.74, 6) is 1.50. The van der Waals surface area contributed by atoms with Crippen LogP contribution in [0.25, 0.3) is 0 Å². The Kier molecular flexibility index (Phi) is 5.56. The lowest BCUT2D eigenvalue weighted by atomic mass is 9.74. The fourth-order valence-corrected chi connectivity index (χ4v) is 3.88. The summed E-state index contributed by atoms with van der Waals surface area (Å²) in [6.45, 7) is 2.30. The molecule has 0 aliphatic heterocycles. The highest BCUT2D eigenvalue weighted by Gasteiger charge is 2.29. The summed E-state index contributed by atoms with van der Waals surface area (Å²) in [5, 5.41) is 5.08. The molecule has 0 spiro atoms. The van der Waals surface area contributed by atoms with E-state index in [-0.39, 0.29) is 0 Å². The Hall–Kier alpha value is -0.240. The van der Waals surface area contributed by atoms with Crippen molar-refractivity contribution < 1.29 is 0 Å². The molecule has 1 fully saturated rings. The molecule has 3 atom stereocenters. The average Bonchev–Trinajstić information content (AvgIpc) is 2.42. The molecule has 1 aromatic rings. The molecule has 1 aliphatic carbocycles. The predicted octanol–water partition coefficient (Wildman–Crippen LogP) is 4.95. The summed E-state index contributed by atoms with van der Waals surface area (Å²) < 4.78 is 0. The summed E-state index contributed by atoms with van der Waals surface area (Å²) >= 11 is 12.6. The first-order valence-electron chi connectivity index (χ1n) is 7.25. The van der Waals surface area contributed by atoms with Crippen LogP contribution in [0.3, 0.4) is 0 Å². The van der Waals surface area contributed by atoms with Crippen molar-refractivity contribution in [3.8, 4) is 0 Å². The van der Waals surface area contributed by atoms with E-state index < -0.39 is 0 Å². The molecule has 1 N–H and O–H groups in total. The lowest BCUT2D eigenvalue weighted by Gasteiger charge is -2.36. The molecule has 1 aromatic carbocycles. The Morgan fingerprint density at radius 2 is 1.89 bits per heavy atom. The zero-order valence-corrected chi connectivity index (χ0v) is 13.3. The van der Waals surface area contributed by atoms with E-state index in [2.05, 4.69) is 19.3 Å². The number of hydrogen-bond donors (Lipinski definition) is 1. The van der Waals surface area contributed by atoms with Gasteiger partial charge in [-0.25, -0.2) is 0 Å². The highest BCUT2D eigenvalue weighted by atomic mass is 35.5. The predicted molar refractivity (Wildman–Crippen MR) is 84.1 cm³/mol. The zero-order chi connectivity index (χ0) is 13.8. The summed E-state index contributed by atoms with van der Waals surface area (Å²) in [6, 6.07) is 6.39. The van der Waals surface area contributed by atoms with Gasteiger partial charge in [-0.15, -0.1) is 0 Å². The van der Waals surface area contributed by atoms with Gasteiger partial charge in [-0.2, -0.15) is 0 Å². The van der Waals surface area contributed by atoms with Crippen molar-refractivity contribution in [2.24, 2.45) is 11.8 Å². The zero-order valence-electron chi connectivity index (χ0n) is 11.8. The molecule has 0 amide bonds. The largest absolute Gasteiger partial charge is 0.317 e. The molecule has 1 saturated carbocycles. The van der Waals surface area contributed by atoms with Gasteiger partial charge in [0.2, 0.25) is 0 Å². The lowest BCUT2D eigenvalue weighted by molar-refractivity contribution is 0.205. The van der Waals surface area contributed by atoms with Crippen molar-refractivity contribution in [1.82, 2.24) is 5.32 Å². The minimum atomic E-state index is 0.593. The Morgan fingerprint density at radius 1 is 1.21 bits per heavy atom. The van der Waals surface area contributed by atoms with Crippen LogP contribution in [0.1, 0.15) is 38.2 Å². The second-order valence-corrected chi connectivity index (χ2v) is 6.46. The van der Waals surface area contributed by atoms with E-state index in [0.29, 0.717) is 12.0 Å². The smallest absolute Gasteiger partial charge is 0.0452 e. The van der Waals surface area contributed by atoms with E-state index in [9.17, 15) is 0 Å². The van der Waals surface area contributed by atoms with Crippen LogP contribution in [0, 0.1) is 11.8 Å². The maximum Gasteiger partial charge on any atom is 0.0452 e. The molecule has 0 heterocycles. The SMILES string of the molecule is CCC1CCC(NC)C(Cc2c(Cl)cccc2Cl)C1. The van der Waals surface area contributed by atoms with E-state index in [1.54, 1.807) is 0 Å². The highest BCUT2D eigenvalue weighted by molar-refractivity contribution is 6.35. The molecule has 3 unspecified atom stereocenters. The molecular weight excluding hydrogens is 277 g/mol. The topological polar surface area (TPSA) is 12.0 Å². The molecule has 0 radical (unpaired) electrons. The van der Waals surface area contributed by atoms with Gasteiger partial charge in [0.05, 0.1) is 0 Å². The monoisotopic (exact) mass is 299 g/mol. The summed E-state index contributed by atoms with van der Waals surface area (Å²) in [5.41, 5.74) is 1.12.